The molecule has 3 aromatic heterocycles. The van der Waals surface area contributed by atoms with E-state index in [2.05, 4.69) is 20.3 Å². The third-order valence-electron chi connectivity index (χ3n) is 6.97. The Labute approximate surface area is 234 Å². The molecule has 0 radical (unpaired) electrons. The number of hydrogen-bond donors (Lipinski definition) is 1. The summed E-state index contributed by atoms with van der Waals surface area (Å²) in [5.41, 5.74) is -1.05. The molecule has 0 saturated carbocycles. The summed E-state index contributed by atoms with van der Waals surface area (Å²) >= 11 is 0. The van der Waals surface area contributed by atoms with Gasteiger partial charge in [0.25, 0.3) is 0 Å². The number of halogens is 6. The van der Waals surface area contributed by atoms with Crippen LogP contribution in [0.5, 0.6) is 5.75 Å². The third kappa shape index (κ3) is 5.16. The second-order valence-electron chi connectivity index (χ2n) is 10.3. The summed E-state index contributed by atoms with van der Waals surface area (Å²) in [4.78, 5) is 39.2. The lowest BCUT2D eigenvalue weighted by molar-refractivity contribution is -0.135. The van der Waals surface area contributed by atoms with Gasteiger partial charge in [-0.25, -0.2) is 28.1 Å². The number of pyridine rings is 1. The molecule has 0 bridgehead atoms. The summed E-state index contributed by atoms with van der Waals surface area (Å²) in [6.07, 6.45) is -4.94. The summed E-state index contributed by atoms with van der Waals surface area (Å²) in [6, 6.07) is 4.45. The Hall–Kier alpha value is -4.49. The van der Waals surface area contributed by atoms with E-state index in [-0.39, 0.29) is 40.0 Å². The summed E-state index contributed by atoms with van der Waals surface area (Å²) in [5.74, 6) is -4.68. The number of imidazole rings is 1. The van der Waals surface area contributed by atoms with Crippen molar-refractivity contribution in [3.63, 3.8) is 0 Å². The maximum atomic E-state index is 14.2. The van der Waals surface area contributed by atoms with Crippen LogP contribution in [0.2, 0.25) is 0 Å². The second-order valence-corrected chi connectivity index (χ2v) is 10.3. The number of carbonyl (C=O) groups is 2. The summed E-state index contributed by atoms with van der Waals surface area (Å²) in [7, 11) is 0. The number of aromatic nitrogens is 4. The van der Waals surface area contributed by atoms with Gasteiger partial charge in [-0.15, -0.1) is 0 Å². The summed E-state index contributed by atoms with van der Waals surface area (Å²) in [6.45, 7) is 4.05. The van der Waals surface area contributed by atoms with Crippen LogP contribution in [0.1, 0.15) is 60.4 Å². The van der Waals surface area contributed by atoms with Gasteiger partial charge in [-0.05, 0) is 51.5 Å². The molecular formula is C28H23F6N5O3. The van der Waals surface area contributed by atoms with E-state index in [0.717, 1.165) is 6.07 Å². The van der Waals surface area contributed by atoms with E-state index in [1.807, 2.05) is 0 Å². The van der Waals surface area contributed by atoms with Gasteiger partial charge in [0.1, 0.15) is 29.6 Å². The van der Waals surface area contributed by atoms with Gasteiger partial charge in [-0.3, -0.25) is 14.0 Å². The van der Waals surface area contributed by atoms with Gasteiger partial charge < -0.3 is 10.1 Å². The van der Waals surface area contributed by atoms with Gasteiger partial charge in [-0.2, -0.15) is 13.2 Å². The average molecular weight is 592 g/mol. The van der Waals surface area contributed by atoms with Gasteiger partial charge in [0.2, 0.25) is 5.91 Å². The molecule has 1 amide bonds. The van der Waals surface area contributed by atoms with E-state index in [0.29, 0.717) is 11.8 Å². The van der Waals surface area contributed by atoms with E-state index in [4.69, 9.17) is 4.74 Å². The number of ketones is 1. The van der Waals surface area contributed by atoms with E-state index >= 15 is 0 Å². The first-order valence-corrected chi connectivity index (χ1v) is 12.8. The number of hydrogen-bond acceptors (Lipinski definition) is 6. The number of amides is 1. The molecule has 1 aliphatic heterocycles. The number of benzene rings is 1. The second kappa shape index (κ2) is 10.4. The normalized spacial score (nSPS) is 14.3. The topological polar surface area (TPSA) is 98.5 Å². The van der Waals surface area contributed by atoms with Crippen LogP contribution in [0, 0.1) is 24.4 Å². The predicted octanol–water partition coefficient (Wildman–Crippen LogP) is 6.24. The van der Waals surface area contributed by atoms with Crippen LogP contribution in [0.4, 0.5) is 32.2 Å². The van der Waals surface area contributed by atoms with Crippen molar-refractivity contribution in [3.8, 4) is 17.3 Å². The molecule has 1 aromatic carbocycles. The minimum atomic E-state index is -4.44. The van der Waals surface area contributed by atoms with Crippen molar-refractivity contribution < 1.29 is 40.7 Å². The standard InChI is InChI=1S/C28H23F6N5O3/c1-13-22(39-11-5-7-18(25(39)35-13)42-12-14-15(29)8-9-16(30)20(14)31)24-36-21(17(40)6-4-10-28(32,33)34)19-23(37-24)38-26(41)27(19,2)3/h5,7-9,11H,4,6,10,12H2,1-3H3,(H,36,37,38,41). The number of rotatable bonds is 8. The predicted molar refractivity (Wildman–Crippen MR) is 137 cm³/mol. The van der Waals surface area contributed by atoms with Crippen LogP contribution < -0.4 is 10.1 Å². The van der Waals surface area contributed by atoms with Gasteiger partial charge in [-0.1, -0.05) is 0 Å². The Morgan fingerprint density at radius 3 is 2.50 bits per heavy atom. The van der Waals surface area contributed by atoms with Crippen molar-refractivity contribution in [2.24, 2.45) is 0 Å². The maximum absolute atomic E-state index is 14.2. The fourth-order valence-corrected chi connectivity index (χ4v) is 4.79. The first kappa shape index (κ1) is 29.0. The van der Waals surface area contributed by atoms with Crippen molar-refractivity contribution >= 4 is 23.2 Å². The van der Waals surface area contributed by atoms with Crippen molar-refractivity contribution in [2.75, 3.05) is 5.32 Å². The fourth-order valence-electron chi connectivity index (χ4n) is 4.79. The quantitative estimate of drug-likeness (QED) is 0.148. The molecule has 0 spiro atoms. The Morgan fingerprint density at radius 2 is 1.79 bits per heavy atom. The largest absolute Gasteiger partial charge is 0.485 e. The number of carbonyl (C=O) groups excluding carboxylic acids is 2. The Kier molecular flexibility index (Phi) is 7.19. The first-order chi connectivity index (χ1) is 19.7. The molecule has 220 valence electrons. The lowest BCUT2D eigenvalue weighted by atomic mass is 9.84. The number of nitrogens with zero attached hydrogens (tertiary/aromatic N) is 4. The number of alkyl halides is 3. The number of aryl methyl sites for hydroxylation is 1. The molecule has 0 aliphatic carbocycles. The van der Waals surface area contributed by atoms with Crippen LogP contribution in [0.3, 0.4) is 0 Å². The molecule has 0 saturated heterocycles. The molecule has 8 nitrogen and oxygen atoms in total. The molecule has 1 N–H and O–H groups in total. The lowest BCUT2D eigenvalue weighted by Crippen LogP contribution is -2.28. The lowest BCUT2D eigenvalue weighted by Gasteiger charge is -2.18. The molecule has 0 atom stereocenters. The zero-order valence-corrected chi connectivity index (χ0v) is 22.5. The highest BCUT2D eigenvalue weighted by Crippen LogP contribution is 2.40. The van der Waals surface area contributed by atoms with Crippen LogP contribution in [-0.4, -0.2) is 37.2 Å². The fraction of sp³-hybridized carbons (Fsp3) is 0.321. The minimum Gasteiger partial charge on any atom is -0.485 e. The van der Waals surface area contributed by atoms with Gasteiger partial charge in [0.05, 0.1) is 16.7 Å². The number of anilines is 1. The smallest absolute Gasteiger partial charge is 0.389 e. The minimum absolute atomic E-state index is 0.0460. The Morgan fingerprint density at radius 1 is 1.07 bits per heavy atom. The first-order valence-electron chi connectivity index (χ1n) is 12.8. The molecule has 1 aliphatic rings. The highest BCUT2D eigenvalue weighted by Gasteiger charge is 2.44. The van der Waals surface area contributed by atoms with Crippen molar-refractivity contribution in [3.05, 3.63) is 70.4 Å². The highest BCUT2D eigenvalue weighted by atomic mass is 19.4. The Bertz CT molecular complexity index is 1750. The van der Waals surface area contributed by atoms with Crippen molar-refractivity contribution in [2.45, 2.75) is 58.2 Å². The zero-order chi connectivity index (χ0) is 30.6. The van der Waals surface area contributed by atoms with E-state index in [1.165, 1.54) is 16.5 Å². The highest BCUT2D eigenvalue weighted by molar-refractivity contribution is 6.09. The zero-order valence-electron chi connectivity index (χ0n) is 22.5. The van der Waals surface area contributed by atoms with Crippen molar-refractivity contribution in [1.82, 2.24) is 19.4 Å². The number of ether oxygens (including phenoxy) is 1. The van der Waals surface area contributed by atoms with Crippen LogP contribution in [0.25, 0.3) is 17.2 Å². The van der Waals surface area contributed by atoms with E-state index in [9.17, 15) is 35.9 Å². The molecule has 0 unspecified atom stereocenters. The van der Waals surface area contributed by atoms with Crippen LogP contribution in [-0.2, 0) is 16.8 Å². The third-order valence-corrected chi connectivity index (χ3v) is 6.97. The van der Waals surface area contributed by atoms with Crippen LogP contribution >= 0.6 is 0 Å². The van der Waals surface area contributed by atoms with Crippen molar-refractivity contribution in [1.29, 1.82) is 0 Å². The summed E-state index contributed by atoms with van der Waals surface area (Å²) < 4.78 is 87.2. The van der Waals surface area contributed by atoms with Gasteiger partial charge in [0.15, 0.2) is 34.6 Å². The molecule has 4 aromatic rings. The SMILES string of the molecule is Cc1nc2c(OCc3c(F)ccc(F)c3F)cccn2c1-c1nc2c(c(C(=O)CCCC(F)(F)F)n1)C(C)(C)C(=O)N2. The van der Waals surface area contributed by atoms with E-state index < -0.39 is 72.2 Å². The van der Waals surface area contributed by atoms with Gasteiger partial charge in [0, 0.05) is 24.6 Å². The maximum Gasteiger partial charge on any atom is 0.389 e. The molecule has 42 heavy (non-hydrogen) atoms. The Balaban J connectivity index is 1.56. The number of fused-ring (bicyclic) bond motifs is 2. The van der Waals surface area contributed by atoms with Crippen LogP contribution in [0.15, 0.2) is 30.5 Å². The van der Waals surface area contributed by atoms with E-state index in [1.54, 1.807) is 27.0 Å². The molecule has 14 heteroatoms. The number of Topliss-reactive ketones (excluding diaryl/α,β-unsaturated/α-hetero) is 1. The molecule has 4 heterocycles. The monoisotopic (exact) mass is 591 g/mol. The average Bonchev–Trinajstić information content (AvgIpc) is 3.36. The molecule has 5 rings (SSSR count). The van der Waals surface area contributed by atoms with Gasteiger partial charge >= 0.3 is 6.18 Å². The number of nitrogens with one attached hydrogen (secondary N) is 1. The summed E-state index contributed by atoms with van der Waals surface area (Å²) in [5, 5.41) is 2.62. The molecular weight excluding hydrogens is 568 g/mol. The molecule has 0 fully saturated rings.